The van der Waals surface area contributed by atoms with E-state index in [1.807, 2.05) is 19.3 Å². The molecular formula is C15H20N2. The molecule has 0 bridgehead atoms. The Kier molecular flexibility index (Phi) is 3.75. The van der Waals surface area contributed by atoms with Crippen molar-refractivity contribution in [2.24, 2.45) is 5.92 Å². The molecule has 1 aromatic carbocycles. The van der Waals surface area contributed by atoms with Crippen LogP contribution in [0.2, 0.25) is 0 Å². The Morgan fingerprint density at radius 3 is 2.76 bits per heavy atom. The summed E-state index contributed by atoms with van der Waals surface area (Å²) in [4.78, 5) is 4.53. The van der Waals surface area contributed by atoms with Gasteiger partial charge in [0.2, 0.25) is 0 Å². The first-order chi connectivity index (χ1) is 8.26. The van der Waals surface area contributed by atoms with Crippen molar-refractivity contribution < 1.29 is 0 Å². The first kappa shape index (κ1) is 12.1. The van der Waals surface area contributed by atoms with E-state index in [1.165, 1.54) is 17.4 Å². The highest BCUT2D eigenvalue weighted by Crippen LogP contribution is 2.25. The zero-order valence-electron chi connectivity index (χ0n) is 10.8. The normalized spacial score (nSPS) is 14.8. The number of fused-ring (bicyclic) bond motifs is 1. The van der Waals surface area contributed by atoms with E-state index in [-0.39, 0.29) is 0 Å². The van der Waals surface area contributed by atoms with Crippen molar-refractivity contribution in [1.82, 2.24) is 10.3 Å². The van der Waals surface area contributed by atoms with Crippen molar-refractivity contribution in [1.29, 1.82) is 0 Å². The number of benzene rings is 1. The van der Waals surface area contributed by atoms with E-state index >= 15 is 0 Å². The van der Waals surface area contributed by atoms with Gasteiger partial charge in [-0.05, 0) is 30.7 Å². The van der Waals surface area contributed by atoms with Gasteiger partial charge in [0.15, 0.2) is 0 Å². The summed E-state index contributed by atoms with van der Waals surface area (Å²) in [6.45, 7) is 4.50. The van der Waals surface area contributed by atoms with E-state index in [9.17, 15) is 0 Å². The Labute approximate surface area is 103 Å². The van der Waals surface area contributed by atoms with Crippen molar-refractivity contribution in [3.05, 3.63) is 42.1 Å². The fourth-order valence-corrected chi connectivity index (χ4v) is 2.27. The molecule has 0 radical (unpaired) electrons. The molecule has 1 aromatic heterocycles. The van der Waals surface area contributed by atoms with E-state index in [4.69, 9.17) is 0 Å². The monoisotopic (exact) mass is 228 g/mol. The minimum atomic E-state index is 0.386. The Morgan fingerprint density at radius 1 is 1.29 bits per heavy atom. The molecule has 90 valence electrons. The van der Waals surface area contributed by atoms with Crippen LogP contribution in [0.4, 0.5) is 0 Å². The van der Waals surface area contributed by atoms with Crippen molar-refractivity contribution >= 4 is 10.9 Å². The van der Waals surface area contributed by atoms with Crippen molar-refractivity contribution in [3.8, 4) is 0 Å². The third-order valence-electron chi connectivity index (χ3n) is 3.49. The summed E-state index contributed by atoms with van der Waals surface area (Å²) >= 11 is 0. The van der Waals surface area contributed by atoms with Gasteiger partial charge in [-0.1, -0.05) is 38.5 Å². The van der Waals surface area contributed by atoms with Crippen LogP contribution in [-0.2, 0) is 0 Å². The zero-order chi connectivity index (χ0) is 12.3. The summed E-state index contributed by atoms with van der Waals surface area (Å²) in [5.74, 6) is 0.614. The van der Waals surface area contributed by atoms with Crippen molar-refractivity contribution in [2.75, 3.05) is 7.05 Å². The van der Waals surface area contributed by atoms with Crippen LogP contribution in [0.5, 0.6) is 0 Å². The number of rotatable bonds is 4. The molecule has 0 aliphatic rings. The topological polar surface area (TPSA) is 24.9 Å². The van der Waals surface area contributed by atoms with Gasteiger partial charge in [0, 0.05) is 17.6 Å². The van der Waals surface area contributed by atoms with E-state index in [0.29, 0.717) is 12.0 Å². The van der Waals surface area contributed by atoms with E-state index in [1.54, 1.807) is 0 Å². The van der Waals surface area contributed by atoms with Gasteiger partial charge in [0.25, 0.3) is 0 Å². The fraction of sp³-hybridized carbons (Fsp3) is 0.400. The lowest BCUT2D eigenvalue weighted by Gasteiger charge is -2.22. The maximum atomic E-state index is 4.53. The van der Waals surface area contributed by atoms with E-state index < -0.39 is 0 Å². The fourth-order valence-electron chi connectivity index (χ4n) is 2.27. The molecule has 2 aromatic rings. The van der Waals surface area contributed by atoms with Gasteiger partial charge >= 0.3 is 0 Å². The molecular weight excluding hydrogens is 208 g/mol. The van der Waals surface area contributed by atoms with Gasteiger partial charge in [-0.25, -0.2) is 0 Å². The largest absolute Gasteiger partial charge is 0.313 e. The van der Waals surface area contributed by atoms with Crippen LogP contribution in [0.3, 0.4) is 0 Å². The Hall–Kier alpha value is -1.41. The average molecular weight is 228 g/mol. The molecule has 0 saturated heterocycles. The van der Waals surface area contributed by atoms with Gasteiger partial charge in [-0.2, -0.15) is 0 Å². The average Bonchev–Trinajstić information content (AvgIpc) is 2.39. The summed E-state index contributed by atoms with van der Waals surface area (Å²) in [6, 6.07) is 10.9. The quantitative estimate of drug-likeness (QED) is 0.865. The van der Waals surface area contributed by atoms with Crippen LogP contribution in [0.15, 0.2) is 36.5 Å². The SMILES string of the molecule is CCC(C)C(NC)c1cnc2ccccc2c1. The summed E-state index contributed by atoms with van der Waals surface area (Å²) < 4.78 is 0. The number of pyridine rings is 1. The smallest absolute Gasteiger partial charge is 0.0702 e. The van der Waals surface area contributed by atoms with Crippen LogP contribution in [0, 0.1) is 5.92 Å². The molecule has 1 heterocycles. The minimum absolute atomic E-state index is 0.386. The second-order valence-electron chi connectivity index (χ2n) is 4.61. The molecule has 2 rings (SSSR count). The number of aromatic nitrogens is 1. The summed E-state index contributed by atoms with van der Waals surface area (Å²) in [5.41, 5.74) is 2.34. The van der Waals surface area contributed by atoms with Crippen molar-refractivity contribution in [2.45, 2.75) is 26.3 Å². The number of hydrogen-bond acceptors (Lipinski definition) is 2. The minimum Gasteiger partial charge on any atom is -0.313 e. The van der Waals surface area contributed by atoms with E-state index in [0.717, 1.165) is 5.52 Å². The molecule has 0 amide bonds. The number of nitrogens with zero attached hydrogens (tertiary/aromatic N) is 1. The van der Waals surface area contributed by atoms with E-state index in [2.05, 4.69) is 48.4 Å². The molecule has 0 fully saturated rings. The third-order valence-corrected chi connectivity index (χ3v) is 3.49. The molecule has 0 spiro atoms. The highest BCUT2D eigenvalue weighted by atomic mass is 14.9. The highest BCUT2D eigenvalue weighted by molar-refractivity contribution is 5.78. The standard InChI is InChI=1S/C15H20N2/c1-4-11(2)15(16-3)13-9-12-7-5-6-8-14(12)17-10-13/h5-11,15-16H,4H2,1-3H3. The first-order valence-corrected chi connectivity index (χ1v) is 6.28. The van der Waals surface area contributed by atoms with Crippen LogP contribution >= 0.6 is 0 Å². The maximum Gasteiger partial charge on any atom is 0.0702 e. The summed E-state index contributed by atoms with van der Waals surface area (Å²) in [7, 11) is 2.02. The molecule has 2 unspecified atom stereocenters. The predicted octanol–water partition coefficient (Wildman–Crippen LogP) is 3.54. The van der Waals surface area contributed by atoms with Crippen molar-refractivity contribution in [3.63, 3.8) is 0 Å². The van der Waals surface area contributed by atoms with Crippen LogP contribution in [-0.4, -0.2) is 12.0 Å². The molecule has 2 atom stereocenters. The second kappa shape index (κ2) is 5.28. The number of hydrogen-bond donors (Lipinski definition) is 1. The van der Waals surface area contributed by atoms with Gasteiger partial charge in [-0.15, -0.1) is 0 Å². The Bertz CT molecular complexity index is 493. The lowest BCUT2D eigenvalue weighted by molar-refractivity contribution is 0.400. The van der Waals surface area contributed by atoms with Crippen LogP contribution in [0.25, 0.3) is 10.9 Å². The molecule has 2 heteroatoms. The summed E-state index contributed by atoms with van der Waals surface area (Å²) in [5, 5.41) is 4.61. The first-order valence-electron chi connectivity index (χ1n) is 6.28. The van der Waals surface area contributed by atoms with Crippen LogP contribution in [0.1, 0.15) is 31.9 Å². The van der Waals surface area contributed by atoms with Gasteiger partial charge in [0.1, 0.15) is 0 Å². The van der Waals surface area contributed by atoms with Crippen LogP contribution < -0.4 is 5.32 Å². The van der Waals surface area contributed by atoms with Gasteiger partial charge < -0.3 is 5.32 Å². The maximum absolute atomic E-state index is 4.53. The molecule has 0 aliphatic heterocycles. The summed E-state index contributed by atoms with van der Waals surface area (Å²) in [6.07, 6.45) is 3.16. The Balaban J connectivity index is 2.40. The molecule has 1 N–H and O–H groups in total. The number of para-hydroxylation sites is 1. The van der Waals surface area contributed by atoms with Gasteiger partial charge in [0.05, 0.1) is 5.52 Å². The zero-order valence-corrected chi connectivity index (χ0v) is 10.8. The lowest BCUT2D eigenvalue weighted by atomic mass is 9.93. The third kappa shape index (κ3) is 2.47. The molecule has 17 heavy (non-hydrogen) atoms. The highest BCUT2D eigenvalue weighted by Gasteiger charge is 2.16. The molecule has 0 aliphatic carbocycles. The lowest BCUT2D eigenvalue weighted by Crippen LogP contribution is -2.23. The Morgan fingerprint density at radius 2 is 2.06 bits per heavy atom. The second-order valence-corrected chi connectivity index (χ2v) is 4.61. The predicted molar refractivity (Wildman–Crippen MR) is 73.0 cm³/mol. The van der Waals surface area contributed by atoms with Gasteiger partial charge in [-0.3, -0.25) is 4.98 Å². The molecule has 0 saturated carbocycles. The number of nitrogens with one attached hydrogen (secondary N) is 1. The molecule has 2 nitrogen and oxygen atoms in total.